The summed E-state index contributed by atoms with van der Waals surface area (Å²) in [6, 6.07) is 8.10. The highest BCUT2D eigenvalue weighted by atomic mass is 35.5. The molecule has 2 heterocycles. The van der Waals surface area contributed by atoms with Gasteiger partial charge in [-0.1, -0.05) is 23.7 Å². The first-order valence-corrected chi connectivity index (χ1v) is 6.97. The van der Waals surface area contributed by atoms with Crippen molar-refractivity contribution in [3.63, 3.8) is 0 Å². The second kappa shape index (κ2) is 5.45. The van der Waals surface area contributed by atoms with E-state index in [0.29, 0.717) is 16.1 Å². The molecule has 0 unspecified atom stereocenters. The number of fused-ring (bicyclic) bond motifs is 1. The van der Waals surface area contributed by atoms with Gasteiger partial charge in [-0.15, -0.1) is 0 Å². The Hall–Kier alpha value is -1.93. The number of alkyl halides is 2. The minimum atomic E-state index is -2.71. The van der Waals surface area contributed by atoms with E-state index in [1.807, 2.05) is 0 Å². The van der Waals surface area contributed by atoms with Gasteiger partial charge in [-0.25, -0.2) is 15.0 Å². The van der Waals surface area contributed by atoms with E-state index in [4.69, 9.17) is 17.3 Å². The molecule has 0 aliphatic rings. The van der Waals surface area contributed by atoms with Crippen molar-refractivity contribution in [2.45, 2.75) is 16.7 Å². The fourth-order valence-electron chi connectivity index (χ4n) is 1.84. The van der Waals surface area contributed by atoms with Crippen molar-refractivity contribution in [1.82, 2.24) is 19.5 Å². The lowest BCUT2D eigenvalue weighted by Gasteiger charge is -2.07. The number of halogens is 3. The molecule has 9 heteroatoms. The van der Waals surface area contributed by atoms with E-state index in [1.165, 1.54) is 6.07 Å². The van der Waals surface area contributed by atoms with Crippen LogP contribution in [0.25, 0.3) is 11.0 Å². The minimum absolute atomic E-state index is 0.0234. The first-order valence-electron chi connectivity index (χ1n) is 5.77. The van der Waals surface area contributed by atoms with E-state index >= 15 is 0 Å². The molecule has 0 saturated heterocycles. The number of nitrogens with zero attached hydrogens (tertiary/aromatic N) is 4. The highest BCUT2D eigenvalue weighted by Crippen LogP contribution is 2.33. The standard InChI is InChI=1S/C12H8ClF2N5S/c13-8-5-9(19-11(16)18-8)21-12-17-6-3-1-2-4-7(6)20(12)10(14)15/h1-5,10H,(H2,16,18,19). The van der Waals surface area contributed by atoms with Crippen LogP contribution < -0.4 is 5.73 Å². The maximum Gasteiger partial charge on any atom is 0.321 e. The predicted octanol–water partition coefficient (Wildman–Crippen LogP) is 3.61. The zero-order valence-electron chi connectivity index (χ0n) is 10.4. The Balaban J connectivity index is 2.09. The molecule has 0 bridgehead atoms. The number of anilines is 1. The molecule has 108 valence electrons. The Bertz CT molecular complexity index is 787. The van der Waals surface area contributed by atoms with Gasteiger partial charge in [-0.05, 0) is 23.9 Å². The van der Waals surface area contributed by atoms with Crippen LogP contribution in [0.1, 0.15) is 6.55 Å². The molecule has 2 aromatic heterocycles. The third kappa shape index (κ3) is 2.77. The van der Waals surface area contributed by atoms with Gasteiger partial charge in [0.15, 0.2) is 5.16 Å². The molecule has 3 rings (SSSR count). The Labute approximate surface area is 127 Å². The van der Waals surface area contributed by atoms with Gasteiger partial charge in [0.25, 0.3) is 0 Å². The number of hydrogen-bond acceptors (Lipinski definition) is 5. The quantitative estimate of drug-likeness (QED) is 0.744. The summed E-state index contributed by atoms with van der Waals surface area (Å²) in [5.41, 5.74) is 6.32. The normalized spacial score (nSPS) is 11.4. The van der Waals surface area contributed by atoms with Gasteiger partial charge in [0.2, 0.25) is 5.95 Å². The maximum absolute atomic E-state index is 13.3. The molecular weight excluding hydrogens is 320 g/mol. The van der Waals surface area contributed by atoms with Crippen LogP contribution in [0, 0.1) is 0 Å². The van der Waals surface area contributed by atoms with E-state index in [0.717, 1.165) is 16.3 Å². The fraction of sp³-hybridized carbons (Fsp3) is 0.0833. The molecule has 1 aromatic carbocycles. The Morgan fingerprint density at radius 3 is 2.67 bits per heavy atom. The molecule has 0 fully saturated rings. The third-order valence-electron chi connectivity index (χ3n) is 2.64. The summed E-state index contributed by atoms with van der Waals surface area (Å²) in [7, 11) is 0. The number of nitrogens with two attached hydrogens (primary N) is 1. The van der Waals surface area contributed by atoms with Gasteiger partial charge in [0, 0.05) is 6.07 Å². The molecule has 0 aliphatic carbocycles. The van der Waals surface area contributed by atoms with Crippen molar-refractivity contribution in [3.05, 3.63) is 35.5 Å². The zero-order valence-corrected chi connectivity index (χ0v) is 11.9. The van der Waals surface area contributed by atoms with Crippen molar-refractivity contribution < 1.29 is 8.78 Å². The molecular formula is C12H8ClF2N5S. The average Bonchev–Trinajstić information content (AvgIpc) is 2.75. The lowest BCUT2D eigenvalue weighted by molar-refractivity contribution is 0.0656. The molecule has 5 nitrogen and oxygen atoms in total. The van der Waals surface area contributed by atoms with Crippen LogP contribution in [0.2, 0.25) is 5.15 Å². The first-order chi connectivity index (χ1) is 10.0. The Morgan fingerprint density at radius 1 is 1.19 bits per heavy atom. The Morgan fingerprint density at radius 2 is 1.95 bits per heavy atom. The summed E-state index contributed by atoms with van der Waals surface area (Å²) >= 11 is 6.73. The fourth-order valence-corrected chi connectivity index (χ4v) is 3.01. The van der Waals surface area contributed by atoms with Crippen LogP contribution in [0.3, 0.4) is 0 Å². The summed E-state index contributed by atoms with van der Waals surface area (Å²) < 4.78 is 27.4. The van der Waals surface area contributed by atoms with E-state index in [2.05, 4.69) is 15.0 Å². The van der Waals surface area contributed by atoms with Gasteiger partial charge in [0.05, 0.1) is 11.0 Å². The number of nitrogen functional groups attached to an aromatic ring is 1. The lowest BCUT2D eigenvalue weighted by Crippen LogP contribution is -2.01. The summed E-state index contributed by atoms with van der Waals surface area (Å²) in [6.45, 7) is -2.71. The number of benzene rings is 1. The molecule has 0 saturated carbocycles. The van der Waals surface area contributed by atoms with E-state index in [-0.39, 0.29) is 16.3 Å². The summed E-state index contributed by atoms with van der Waals surface area (Å²) in [5, 5.41) is 0.606. The van der Waals surface area contributed by atoms with E-state index in [9.17, 15) is 8.78 Å². The number of aromatic nitrogens is 4. The molecule has 0 aliphatic heterocycles. The molecule has 0 amide bonds. The van der Waals surface area contributed by atoms with Gasteiger partial charge in [-0.3, -0.25) is 4.57 Å². The Kier molecular flexibility index (Phi) is 3.64. The second-order valence-electron chi connectivity index (χ2n) is 4.02. The second-order valence-corrected chi connectivity index (χ2v) is 5.39. The number of hydrogen-bond donors (Lipinski definition) is 1. The van der Waals surface area contributed by atoms with Crippen LogP contribution in [0.4, 0.5) is 14.7 Å². The van der Waals surface area contributed by atoms with Crippen LogP contribution >= 0.6 is 23.4 Å². The average molecular weight is 328 g/mol. The first kappa shape index (κ1) is 14.0. The molecule has 2 N–H and O–H groups in total. The summed E-state index contributed by atoms with van der Waals surface area (Å²) in [4.78, 5) is 11.9. The predicted molar refractivity (Wildman–Crippen MR) is 76.6 cm³/mol. The summed E-state index contributed by atoms with van der Waals surface area (Å²) in [6.07, 6.45) is 0. The van der Waals surface area contributed by atoms with Crippen molar-refractivity contribution in [3.8, 4) is 0 Å². The molecule has 0 spiro atoms. The highest BCUT2D eigenvalue weighted by molar-refractivity contribution is 7.99. The summed E-state index contributed by atoms with van der Waals surface area (Å²) in [5.74, 6) is -0.0234. The smallest absolute Gasteiger partial charge is 0.321 e. The van der Waals surface area contributed by atoms with Gasteiger partial charge in [0.1, 0.15) is 10.2 Å². The van der Waals surface area contributed by atoms with Crippen LogP contribution in [-0.4, -0.2) is 19.5 Å². The van der Waals surface area contributed by atoms with E-state index in [1.54, 1.807) is 24.3 Å². The lowest BCUT2D eigenvalue weighted by atomic mass is 10.3. The van der Waals surface area contributed by atoms with Crippen LogP contribution in [-0.2, 0) is 0 Å². The van der Waals surface area contributed by atoms with Gasteiger partial charge < -0.3 is 5.73 Å². The maximum atomic E-state index is 13.3. The number of rotatable bonds is 3. The molecule has 21 heavy (non-hydrogen) atoms. The van der Waals surface area contributed by atoms with Gasteiger partial charge >= 0.3 is 6.55 Å². The molecule has 0 radical (unpaired) electrons. The topological polar surface area (TPSA) is 69.6 Å². The highest BCUT2D eigenvalue weighted by Gasteiger charge is 2.19. The third-order valence-corrected chi connectivity index (χ3v) is 3.73. The largest absolute Gasteiger partial charge is 0.368 e. The minimum Gasteiger partial charge on any atom is -0.368 e. The van der Waals surface area contributed by atoms with E-state index < -0.39 is 6.55 Å². The van der Waals surface area contributed by atoms with Crippen molar-refractivity contribution in [1.29, 1.82) is 0 Å². The van der Waals surface area contributed by atoms with Crippen molar-refractivity contribution in [2.75, 3.05) is 5.73 Å². The van der Waals surface area contributed by atoms with Crippen LogP contribution in [0.15, 0.2) is 40.5 Å². The number of para-hydroxylation sites is 2. The molecule has 0 atom stereocenters. The van der Waals surface area contributed by atoms with Crippen molar-refractivity contribution in [2.24, 2.45) is 0 Å². The van der Waals surface area contributed by atoms with Crippen LogP contribution in [0.5, 0.6) is 0 Å². The SMILES string of the molecule is Nc1nc(Cl)cc(Sc2nc3ccccc3n2C(F)F)n1. The van der Waals surface area contributed by atoms with Gasteiger partial charge in [-0.2, -0.15) is 8.78 Å². The zero-order chi connectivity index (χ0) is 15.0. The number of imidazole rings is 1. The monoisotopic (exact) mass is 327 g/mol. The molecule has 3 aromatic rings. The van der Waals surface area contributed by atoms with Crippen molar-refractivity contribution >= 4 is 40.3 Å².